The lowest BCUT2D eigenvalue weighted by Crippen LogP contribution is -2.41. The van der Waals surface area contributed by atoms with Crippen molar-refractivity contribution in [1.82, 2.24) is 8.96 Å². The Morgan fingerprint density at radius 1 is 1.12 bits per heavy atom. The highest BCUT2D eigenvalue weighted by Gasteiger charge is 2.43. The molecule has 1 N–H and O–H groups in total. The van der Waals surface area contributed by atoms with Gasteiger partial charge in [-0.2, -0.15) is 0 Å². The molecule has 2 aromatic carbocycles. The third-order valence-corrected chi connectivity index (χ3v) is 9.62. The summed E-state index contributed by atoms with van der Waals surface area (Å²) in [6.45, 7) is 3.32. The van der Waals surface area contributed by atoms with Gasteiger partial charge >= 0.3 is 5.97 Å². The molecule has 0 radical (unpaired) electrons. The van der Waals surface area contributed by atoms with E-state index in [1.54, 1.807) is 38.1 Å². The van der Waals surface area contributed by atoms with Crippen LogP contribution in [0.15, 0.2) is 83.5 Å². The Morgan fingerprint density at radius 3 is 2.60 bits per heavy atom. The van der Waals surface area contributed by atoms with Gasteiger partial charge in [-0.05, 0) is 44.5 Å². The Bertz CT molecular complexity index is 1910. The molecule has 40 heavy (non-hydrogen) atoms. The molecule has 11 heteroatoms. The molecule has 0 bridgehead atoms. The highest BCUT2D eigenvalue weighted by Crippen LogP contribution is 2.41. The lowest BCUT2D eigenvalue weighted by molar-refractivity contribution is 0.0598. The molecule has 2 heterocycles. The van der Waals surface area contributed by atoms with Crippen LogP contribution in [0.1, 0.15) is 30.6 Å². The number of fused-ring (bicyclic) bond motifs is 1. The number of benzene rings is 2. The summed E-state index contributed by atoms with van der Waals surface area (Å²) in [7, 11) is -2.96. The summed E-state index contributed by atoms with van der Waals surface area (Å²) in [5.41, 5.74) is 0.284. The zero-order valence-corrected chi connectivity index (χ0v) is 22.5. The van der Waals surface area contributed by atoms with Gasteiger partial charge in [-0.15, -0.1) is 0 Å². The predicted octanol–water partition coefficient (Wildman–Crippen LogP) is 5.70. The Hall–Kier alpha value is -4.51. The van der Waals surface area contributed by atoms with Gasteiger partial charge < -0.3 is 14.5 Å². The van der Waals surface area contributed by atoms with Crippen molar-refractivity contribution >= 4 is 26.9 Å². The van der Waals surface area contributed by atoms with Gasteiger partial charge in [-0.3, -0.25) is 4.79 Å². The summed E-state index contributed by atoms with van der Waals surface area (Å²) in [6, 6.07) is 8.67. The van der Waals surface area contributed by atoms with Crippen LogP contribution in [-0.4, -0.2) is 35.2 Å². The Kier molecular flexibility index (Phi) is 6.70. The number of nitrogens with one attached hydrogen (secondary N) is 1. The zero-order chi connectivity index (χ0) is 28.8. The largest absolute Gasteiger partial charge is 0.465 e. The first-order chi connectivity index (χ1) is 19.0. The molecule has 1 aliphatic rings. The number of carbonyl (C=O) groups excluding carboxylic acids is 1. The number of rotatable bonds is 6. The van der Waals surface area contributed by atoms with Crippen molar-refractivity contribution < 1.29 is 31.5 Å². The summed E-state index contributed by atoms with van der Waals surface area (Å²) >= 11 is 0. The second-order valence-corrected chi connectivity index (χ2v) is 11.7. The monoisotopic (exact) mass is 566 g/mol. The number of nitrogens with zero attached hydrogens (tertiary/aromatic N) is 1. The molecule has 4 aromatic rings. The number of allylic oxidation sites excluding steroid dienone is 3. The number of esters is 1. The quantitative estimate of drug-likeness (QED) is 0.300. The number of aromatic amines is 1. The van der Waals surface area contributed by atoms with Crippen LogP contribution in [0.5, 0.6) is 11.5 Å². The SMILES string of the molecule is COC(=O)c1cccc(-c2c[nH]c(=O)c3c2ccn3S(=O)(=O)C2(C)CC=CC=C2C)c1Oc1ccc(F)cc1F. The molecule has 1 atom stereocenters. The van der Waals surface area contributed by atoms with E-state index in [0.29, 0.717) is 17.2 Å². The Balaban J connectivity index is 1.75. The molecule has 0 saturated carbocycles. The molecule has 2 aromatic heterocycles. The van der Waals surface area contributed by atoms with Crippen molar-refractivity contribution in [2.75, 3.05) is 7.11 Å². The van der Waals surface area contributed by atoms with Gasteiger partial charge in [-0.25, -0.2) is 26.0 Å². The minimum absolute atomic E-state index is 0.0719. The van der Waals surface area contributed by atoms with E-state index in [1.807, 2.05) is 0 Å². The third-order valence-electron chi connectivity index (χ3n) is 7.17. The summed E-state index contributed by atoms with van der Waals surface area (Å²) in [4.78, 5) is 28.3. The second-order valence-electron chi connectivity index (χ2n) is 9.47. The van der Waals surface area contributed by atoms with Crippen LogP contribution >= 0.6 is 0 Å². The van der Waals surface area contributed by atoms with Crippen molar-refractivity contribution in [2.45, 2.75) is 25.0 Å². The molecule has 0 spiro atoms. The molecule has 1 unspecified atom stereocenters. The molecule has 0 saturated heterocycles. The molecule has 206 valence electrons. The van der Waals surface area contributed by atoms with E-state index >= 15 is 0 Å². The molecule has 0 aliphatic heterocycles. The third kappa shape index (κ3) is 4.22. The van der Waals surface area contributed by atoms with Crippen LogP contribution in [-0.2, 0) is 14.8 Å². The first kappa shape index (κ1) is 27.1. The fourth-order valence-electron chi connectivity index (χ4n) is 4.73. The van der Waals surface area contributed by atoms with Gasteiger partial charge in [0.05, 0.1) is 7.11 Å². The van der Waals surface area contributed by atoms with E-state index in [1.165, 1.54) is 30.6 Å². The number of pyridine rings is 1. The highest BCUT2D eigenvalue weighted by atomic mass is 32.2. The predicted molar refractivity (Wildman–Crippen MR) is 146 cm³/mol. The van der Waals surface area contributed by atoms with Crippen LogP contribution in [0, 0.1) is 11.6 Å². The minimum Gasteiger partial charge on any atom is -0.465 e. The molecule has 0 amide bonds. The van der Waals surface area contributed by atoms with Crippen LogP contribution < -0.4 is 10.3 Å². The number of H-pyrrole nitrogens is 1. The number of para-hydroxylation sites is 1. The molecular weight excluding hydrogens is 542 g/mol. The number of carbonyl (C=O) groups is 1. The number of hydrogen-bond acceptors (Lipinski definition) is 6. The van der Waals surface area contributed by atoms with Gasteiger partial charge in [0.25, 0.3) is 5.56 Å². The first-order valence-corrected chi connectivity index (χ1v) is 13.6. The fraction of sp³-hybridized carbons (Fsp3) is 0.172. The average molecular weight is 567 g/mol. The molecule has 1 aliphatic carbocycles. The summed E-state index contributed by atoms with van der Waals surface area (Å²) in [5, 5.41) is 0.246. The van der Waals surface area contributed by atoms with E-state index in [2.05, 4.69) is 4.98 Å². The minimum atomic E-state index is -4.12. The number of aromatic nitrogens is 2. The number of methoxy groups -OCH3 is 1. The van der Waals surface area contributed by atoms with Crippen molar-refractivity contribution in [3.63, 3.8) is 0 Å². The fourth-order valence-corrected chi connectivity index (χ4v) is 6.59. The van der Waals surface area contributed by atoms with Crippen LogP contribution in [0.25, 0.3) is 22.0 Å². The van der Waals surface area contributed by atoms with Crippen molar-refractivity contribution in [2.24, 2.45) is 0 Å². The second kappa shape index (κ2) is 9.91. The maximum Gasteiger partial charge on any atom is 0.341 e. The maximum absolute atomic E-state index is 14.6. The smallest absolute Gasteiger partial charge is 0.341 e. The van der Waals surface area contributed by atoms with Gasteiger partial charge in [0.15, 0.2) is 11.6 Å². The standard InChI is InChI=1S/C29H24F2N2O6S/c1-17-7-4-5-13-29(17,2)40(36,37)33-14-12-19-22(16-32-27(34)25(19)33)20-8-6-9-21(28(35)38-3)26(20)39-24-11-10-18(30)15-23(24)31/h4-12,14-16H,13H2,1-3H3,(H,32,34). The topological polar surface area (TPSA) is 107 Å². The van der Waals surface area contributed by atoms with E-state index < -0.39 is 37.9 Å². The van der Waals surface area contributed by atoms with Crippen LogP contribution in [0.3, 0.4) is 0 Å². The number of hydrogen-bond donors (Lipinski definition) is 1. The van der Waals surface area contributed by atoms with Gasteiger partial charge in [-0.1, -0.05) is 35.9 Å². The van der Waals surface area contributed by atoms with Gasteiger partial charge in [0.1, 0.15) is 27.4 Å². The first-order valence-electron chi connectivity index (χ1n) is 12.2. The average Bonchev–Trinajstić information content (AvgIpc) is 3.39. The zero-order valence-electron chi connectivity index (χ0n) is 21.7. The Labute approximate surface area is 228 Å². The number of halogens is 2. The number of ether oxygens (including phenoxy) is 2. The normalized spacial score (nSPS) is 17.1. The van der Waals surface area contributed by atoms with Crippen LogP contribution in [0.4, 0.5) is 8.78 Å². The summed E-state index contributed by atoms with van der Waals surface area (Å²) in [6.07, 6.45) is 8.13. The molecule has 8 nitrogen and oxygen atoms in total. The van der Waals surface area contributed by atoms with Crippen molar-refractivity contribution in [3.05, 3.63) is 106 Å². The summed E-state index contributed by atoms with van der Waals surface area (Å²) in [5.74, 6) is -3.11. The van der Waals surface area contributed by atoms with Crippen LogP contribution in [0.2, 0.25) is 0 Å². The molecule has 0 fully saturated rings. The highest BCUT2D eigenvalue weighted by molar-refractivity contribution is 7.91. The molecular formula is C29H24F2N2O6S. The lowest BCUT2D eigenvalue weighted by atomic mass is 9.94. The lowest BCUT2D eigenvalue weighted by Gasteiger charge is -2.31. The van der Waals surface area contributed by atoms with Crippen molar-refractivity contribution in [1.29, 1.82) is 0 Å². The van der Waals surface area contributed by atoms with Crippen molar-refractivity contribution in [3.8, 4) is 22.6 Å². The van der Waals surface area contributed by atoms with E-state index in [-0.39, 0.29) is 39.9 Å². The van der Waals surface area contributed by atoms with E-state index in [0.717, 1.165) is 23.2 Å². The van der Waals surface area contributed by atoms with Gasteiger partial charge in [0.2, 0.25) is 10.0 Å². The maximum atomic E-state index is 14.6. The summed E-state index contributed by atoms with van der Waals surface area (Å²) < 4.78 is 66.3. The molecule has 5 rings (SSSR count). The van der Waals surface area contributed by atoms with E-state index in [9.17, 15) is 26.8 Å². The van der Waals surface area contributed by atoms with Gasteiger partial charge in [0, 0.05) is 35.0 Å². The van der Waals surface area contributed by atoms with E-state index in [4.69, 9.17) is 9.47 Å². The Morgan fingerprint density at radius 2 is 1.90 bits per heavy atom.